The number of carbonyl (C=O) groups is 2. The van der Waals surface area contributed by atoms with Crippen LogP contribution in [0.3, 0.4) is 0 Å². The Morgan fingerprint density at radius 1 is 1.16 bits per heavy atom. The zero-order chi connectivity index (χ0) is 19.4. The summed E-state index contributed by atoms with van der Waals surface area (Å²) in [7, 11) is 0. The van der Waals surface area contributed by atoms with Crippen LogP contribution in [0.2, 0.25) is 0 Å². The van der Waals surface area contributed by atoms with Gasteiger partial charge in [0.15, 0.2) is 0 Å². The summed E-state index contributed by atoms with van der Waals surface area (Å²) in [6.45, 7) is 10.3. The second-order valence-corrected chi connectivity index (χ2v) is 6.69. The lowest BCUT2D eigenvalue weighted by atomic mass is 10.1. The van der Waals surface area contributed by atoms with E-state index < -0.39 is 35.3 Å². The van der Waals surface area contributed by atoms with E-state index in [0.717, 1.165) is 12.1 Å². The van der Waals surface area contributed by atoms with Crippen LogP contribution in [0.15, 0.2) is 36.4 Å². The van der Waals surface area contributed by atoms with Gasteiger partial charge in [0.1, 0.15) is 5.60 Å². The molecule has 0 radical (unpaired) electrons. The fraction of sp³-hybridized carbons (Fsp3) is 0.444. The number of esters is 1. The van der Waals surface area contributed by atoms with Gasteiger partial charge in [0.05, 0.1) is 18.0 Å². The minimum atomic E-state index is -4.41. The number of amides is 1. The Bertz CT molecular complexity index is 643. The van der Waals surface area contributed by atoms with Gasteiger partial charge in [-0.3, -0.25) is 4.79 Å². The van der Waals surface area contributed by atoms with E-state index in [-0.39, 0.29) is 12.0 Å². The Morgan fingerprint density at radius 3 is 2.12 bits per heavy atom. The van der Waals surface area contributed by atoms with Crippen molar-refractivity contribution < 1.29 is 27.5 Å². The Morgan fingerprint density at radius 2 is 1.68 bits per heavy atom. The van der Waals surface area contributed by atoms with Crippen molar-refractivity contribution >= 4 is 11.9 Å². The molecule has 0 aliphatic rings. The fourth-order valence-electron chi connectivity index (χ4n) is 1.95. The van der Waals surface area contributed by atoms with Crippen molar-refractivity contribution in [3.8, 4) is 0 Å². The van der Waals surface area contributed by atoms with Gasteiger partial charge in [0.25, 0.3) is 0 Å². The second-order valence-electron chi connectivity index (χ2n) is 6.69. The summed E-state index contributed by atoms with van der Waals surface area (Å²) in [6.07, 6.45) is -4.66. The van der Waals surface area contributed by atoms with Gasteiger partial charge in [-0.2, -0.15) is 13.2 Å². The third kappa shape index (κ3) is 6.99. The lowest BCUT2D eigenvalue weighted by Gasteiger charge is -2.20. The van der Waals surface area contributed by atoms with E-state index in [1.54, 1.807) is 27.7 Å². The number of carbonyl (C=O) groups excluding carboxylic acids is 2. The quantitative estimate of drug-likeness (QED) is 0.636. The first kappa shape index (κ1) is 20.7. The summed E-state index contributed by atoms with van der Waals surface area (Å²) < 4.78 is 42.7. The van der Waals surface area contributed by atoms with E-state index in [2.05, 4.69) is 11.9 Å². The number of ether oxygens (including phenoxy) is 1. The summed E-state index contributed by atoms with van der Waals surface area (Å²) in [4.78, 5) is 23.7. The van der Waals surface area contributed by atoms with Crippen LogP contribution in [0.1, 0.15) is 51.3 Å². The van der Waals surface area contributed by atoms with Crippen molar-refractivity contribution in [1.82, 2.24) is 5.32 Å². The number of benzene rings is 1. The molecule has 0 saturated carbocycles. The van der Waals surface area contributed by atoms with Gasteiger partial charge >= 0.3 is 12.1 Å². The summed E-state index contributed by atoms with van der Waals surface area (Å²) in [5.41, 5.74) is -0.923. The zero-order valence-corrected chi connectivity index (χ0v) is 14.7. The first-order chi connectivity index (χ1) is 11.3. The van der Waals surface area contributed by atoms with Crippen LogP contribution in [-0.2, 0) is 20.5 Å². The van der Waals surface area contributed by atoms with Gasteiger partial charge < -0.3 is 10.1 Å². The van der Waals surface area contributed by atoms with Crippen molar-refractivity contribution in [2.45, 2.75) is 51.9 Å². The molecule has 0 saturated heterocycles. The van der Waals surface area contributed by atoms with Crippen LogP contribution >= 0.6 is 0 Å². The molecule has 1 aromatic carbocycles. The number of nitrogens with one attached hydrogen (secondary N) is 1. The van der Waals surface area contributed by atoms with Gasteiger partial charge in [-0.1, -0.05) is 18.7 Å². The van der Waals surface area contributed by atoms with E-state index in [9.17, 15) is 22.8 Å². The zero-order valence-electron chi connectivity index (χ0n) is 14.7. The van der Waals surface area contributed by atoms with Crippen molar-refractivity contribution in [2.75, 3.05) is 0 Å². The minimum Gasteiger partial charge on any atom is -0.457 e. The Balaban J connectivity index is 2.62. The predicted molar refractivity (Wildman–Crippen MR) is 87.6 cm³/mol. The molecule has 1 unspecified atom stereocenters. The molecule has 138 valence electrons. The maximum Gasteiger partial charge on any atom is 0.416 e. The Hall–Kier alpha value is -2.31. The van der Waals surface area contributed by atoms with Crippen molar-refractivity contribution in [2.24, 2.45) is 0 Å². The van der Waals surface area contributed by atoms with Crippen LogP contribution in [0.4, 0.5) is 13.2 Å². The van der Waals surface area contributed by atoms with Crippen LogP contribution in [0.25, 0.3) is 0 Å². The Kier molecular flexibility index (Phi) is 6.40. The lowest BCUT2D eigenvalue weighted by molar-refractivity contribution is -0.150. The highest BCUT2D eigenvalue weighted by atomic mass is 19.4. The van der Waals surface area contributed by atoms with Crippen LogP contribution in [0, 0.1) is 0 Å². The molecule has 0 aliphatic carbocycles. The van der Waals surface area contributed by atoms with Gasteiger partial charge in [0, 0.05) is 5.57 Å². The highest BCUT2D eigenvalue weighted by Crippen LogP contribution is 2.29. The molecule has 7 heteroatoms. The summed E-state index contributed by atoms with van der Waals surface area (Å²) in [5, 5.41) is 2.61. The minimum absolute atomic E-state index is 0.00652. The van der Waals surface area contributed by atoms with Gasteiger partial charge in [-0.15, -0.1) is 0 Å². The molecule has 25 heavy (non-hydrogen) atoms. The molecule has 0 fully saturated rings. The van der Waals surface area contributed by atoms with E-state index in [4.69, 9.17) is 4.74 Å². The SMILES string of the molecule is C=C(CC(=O)NC(C)c1ccc(C(F)(F)F)cc1)C(=O)OC(C)(C)C. The van der Waals surface area contributed by atoms with Crippen molar-refractivity contribution in [3.05, 3.63) is 47.5 Å². The molecule has 0 bridgehead atoms. The number of halogens is 3. The van der Waals surface area contributed by atoms with E-state index >= 15 is 0 Å². The summed E-state index contributed by atoms with van der Waals surface area (Å²) in [6, 6.07) is 4.00. The van der Waals surface area contributed by atoms with Crippen LogP contribution in [-0.4, -0.2) is 17.5 Å². The molecule has 0 aromatic heterocycles. The highest BCUT2D eigenvalue weighted by Gasteiger charge is 2.30. The largest absolute Gasteiger partial charge is 0.457 e. The molecule has 0 aliphatic heterocycles. The monoisotopic (exact) mass is 357 g/mol. The van der Waals surface area contributed by atoms with Crippen molar-refractivity contribution in [1.29, 1.82) is 0 Å². The van der Waals surface area contributed by atoms with Crippen molar-refractivity contribution in [3.63, 3.8) is 0 Å². The molecular formula is C18H22F3NO3. The average molecular weight is 357 g/mol. The van der Waals surface area contributed by atoms with Gasteiger partial charge in [-0.05, 0) is 45.4 Å². The number of hydrogen-bond donors (Lipinski definition) is 1. The van der Waals surface area contributed by atoms with E-state index in [1.807, 2.05) is 0 Å². The summed E-state index contributed by atoms with van der Waals surface area (Å²) in [5.74, 6) is -1.13. The molecule has 1 amide bonds. The molecule has 1 atom stereocenters. The first-order valence-corrected chi connectivity index (χ1v) is 7.67. The maximum atomic E-state index is 12.5. The number of alkyl halides is 3. The van der Waals surface area contributed by atoms with Gasteiger partial charge in [0.2, 0.25) is 5.91 Å². The molecule has 4 nitrogen and oxygen atoms in total. The Labute approximate surface area is 145 Å². The fourth-order valence-corrected chi connectivity index (χ4v) is 1.95. The molecule has 0 spiro atoms. The van der Waals surface area contributed by atoms with Gasteiger partial charge in [-0.25, -0.2) is 4.79 Å². The summed E-state index contributed by atoms with van der Waals surface area (Å²) >= 11 is 0. The normalized spacial score (nSPS) is 13.1. The van der Waals surface area contributed by atoms with Crippen LogP contribution in [0.5, 0.6) is 0 Å². The topological polar surface area (TPSA) is 55.4 Å². The van der Waals surface area contributed by atoms with E-state index in [0.29, 0.717) is 5.56 Å². The molecular weight excluding hydrogens is 335 g/mol. The standard InChI is InChI=1S/C18H22F3NO3/c1-11(16(24)25-17(3,4)5)10-15(23)22-12(2)13-6-8-14(9-7-13)18(19,20)21/h6-9,12H,1,10H2,2-5H3,(H,22,23). The third-order valence-corrected chi connectivity index (χ3v) is 3.18. The molecule has 0 heterocycles. The highest BCUT2D eigenvalue weighted by molar-refractivity contribution is 5.94. The number of hydrogen-bond acceptors (Lipinski definition) is 3. The van der Waals surface area contributed by atoms with Crippen LogP contribution < -0.4 is 5.32 Å². The smallest absolute Gasteiger partial charge is 0.416 e. The number of rotatable bonds is 5. The third-order valence-electron chi connectivity index (χ3n) is 3.18. The second kappa shape index (κ2) is 7.72. The maximum absolute atomic E-state index is 12.5. The predicted octanol–water partition coefficient (Wildman–Crippen LogP) is 4.17. The molecule has 1 N–H and O–H groups in total. The first-order valence-electron chi connectivity index (χ1n) is 7.67. The van der Waals surface area contributed by atoms with E-state index in [1.165, 1.54) is 12.1 Å². The average Bonchev–Trinajstić information content (AvgIpc) is 2.44. The molecule has 1 rings (SSSR count). The lowest BCUT2D eigenvalue weighted by Crippen LogP contribution is -2.29. The molecule has 1 aromatic rings.